The maximum absolute atomic E-state index is 12.7. The van der Waals surface area contributed by atoms with Crippen LogP contribution in [0.3, 0.4) is 0 Å². The van der Waals surface area contributed by atoms with E-state index in [2.05, 4.69) is 11.8 Å². The molecule has 1 atom stereocenters. The van der Waals surface area contributed by atoms with Crippen molar-refractivity contribution in [3.63, 3.8) is 0 Å². The zero-order valence-corrected chi connectivity index (χ0v) is 13.3. The number of rotatable bonds is 3. The highest BCUT2D eigenvalue weighted by atomic mass is 35.5. The molecule has 1 aliphatic rings. The molecule has 0 spiro atoms. The van der Waals surface area contributed by atoms with Crippen molar-refractivity contribution in [3.05, 3.63) is 23.2 Å². The number of benzene rings is 1. The number of hydrogen-bond acceptors (Lipinski definition) is 4. The molecule has 0 saturated carbocycles. The van der Waals surface area contributed by atoms with Gasteiger partial charge in [0.15, 0.2) is 0 Å². The third-order valence-corrected chi connectivity index (χ3v) is 5.96. The van der Waals surface area contributed by atoms with Gasteiger partial charge >= 0.3 is 0 Å². The lowest BCUT2D eigenvalue weighted by Gasteiger charge is -2.38. The van der Waals surface area contributed by atoms with Crippen molar-refractivity contribution in [1.29, 1.82) is 0 Å². The number of nitrogens with two attached hydrogens (primary N) is 1. The highest BCUT2D eigenvalue weighted by Gasteiger charge is 2.33. The normalized spacial score (nSPS) is 22.1. The summed E-state index contributed by atoms with van der Waals surface area (Å²) in [6.45, 7) is 3.74. The summed E-state index contributed by atoms with van der Waals surface area (Å²) < 4.78 is 26.9. The highest BCUT2D eigenvalue weighted by Crippen LogP contribution is 2.27. The van der Waals surface area contributed by atoms with Gasteiger partial charge in [0.2, 0.25) is 10.0 Å². The number of sulfonamides is 1. The molecular formula is C13H20ClN3O2S. The van der Waals surface area contributed by atoms with E-state index in [1.165, 1.54) is 16.4 Å². The summed E-state index contributed by atoms with van der Waals surface area (Å²) in [5.41, 5.74) is 6.04. The average molecular weight is 318 g/mol. The van der Waals surface area contributed by atoms with Crippen LogP contribution in [0.25, 0.3) is 0 Å². The first-order chi connectivity index (χ1) is 9.36. The van der Waals surface area contributed by atoms with Crippen LogP contribution in [-0.4, -0.2) is 50.3 Å². The van der Waals surface area contributed by atoms with Crippen molar-refractivity contribution in [3.8, 4) is 0 Å². The van der Waals surface area contributed by atoms with E-state index in [1.54, 1.807) is 6.07 Å². The van der Waals surface area contributed by atoms with Crippen molar-refractivity contribution < 1.29 is 8.42 Å². The van der Waals surface area contributed by atoms with Crippen LogP contribution in [0.1, 0.15) is 13.3 Å². The lowest BCUT2D eigenvalue weighted by Crippen LogP contribution is -2.52. The summed E-state index contributed by atoms with van der Waals surface area (Å²) in [4.78, 5) is 2.29. The van der Waals surface area contributed by atoms with Gasteiger partial charge in [0, 0.05) is 30.7 Å². The summed E-state index contributed by atoms with van der Waals surface area (Å²) in [5, 5.41) is 0.374. The molecular weight excluding hydrogens is 298 g/mol. The molecule has 0 amide bonds. The van der Waals surface area contributed by atoms with Crippen molar-refractivity contribution in [2.24, 2.45) is 0 Å². The monoisotopic (exact) mass is 317 g/mol. The first-order valence-electron chi connectivity index (χ1n) is 6.61. The smallest absolute Gasteiger partial charge is 0.245 e. The van der Waals surface area contributed by atoms with Gasteiger partial charge in [-0.1, -0.05) is 18.5 Å². The lowest BCUT2D eigenvalue weighted by atomic mass is 10.1. The highest BCUT2D eigenvalue weighted by molar-refractivity contribution is 7.89. The molecule has 1 aromatic carbocycles. The molecule has 1 aliphatic heterocycles. The van der Waals surface area contributed by atoms with E-state index in [0.29, 0.717) is 18.1 Å². The van der Waals surface area contributed by atoms with Gasteiger partial charge in [-0.15, -0.1) is 0 Å². The molecule has 1 fully saturated rings. The van der Waals surface area contributed by atoms with E-state index in [1.807, 2.05) is 7.05 Å². The van der Waals surface area contributed by atoms with Gasteiger partial charge in [0.05, 0.1) is 5.69 Å². The van der Waals surface area contributed by atoms with Gasteiger partial charge in [-0.25, -0.2) is 8.42 Å². The Hall–Kier alpha value is -0.820. The van der Waals surface area contributed by atoms with Crippen molar-refractivity contribution in [2.45, 2.75) is 24.3 Å². The van der Waals surface area contributed by atoms with E-state index >= 15 is 0 Å². The number of nitrogen functional groups attached to an aromatic ring is 1. The SMILES string of the molecule is CCC1CN(S(=O)(=O)c2cc(Cl)ccc2N)CCN1C. The Morgan fingerprint density at radius 1 is 1.40 bits per heavy atom. The fraction of sp³-hybridized carbons (Fsp3) is 0.538. The van der Waals surface area contributed by atoms with Crippen LogP contribution in [0.15, 0.2) is 23.1 Å². The first-order valence-corrected chi connectivity index (χ1v) is 8.43. The number of hydrogen-bond donors (Lipinski definition) is 1. The molecule has 7 heteroatoms. The van der Waals surface area contributed by atoms with Crippen LogP contribution in [0.2, 0.25) is 5.02 Å². The van der Waals surface area contributed by atoms with Crippen LogP contribution in [0.5, 0.6) is 0 Å². The number of anilines is 1. The molecule has 1 heterocycles. The molecule has 0 aromatic heterocycles. The maximum Gasteiger partial charge on any atom is 0.245 e. The minimum absolute atomic E-state index is 0.101. The van der Waals surface area contributed by atoms with E-state index in [-0.39, 0.29) is 16.6 Å². The van der Waals surface area contributed by atoms with Crippen molar-refractivity contribution in [1.82, 2.24) is 9.21 Å². The van der Waals surface area contributed by atoms with Gasteiger partial charge in [-0.05, 0) is 31.7 Å². The van der Waals surface area contributed by atoms with Crippen LogP contribution in [0, 0.1) is 0 Å². The Labute approximate surface area is 125 Å². The molecule has 1 aromatic rings. The molecule has 112 valence electrons. The Balaban J connectivity index is 2.33. The quantitative estimate of drug-likeness (QED) is 0.861. The largest absolute Gasteiger partial charge is 0.398 e. The predicted molar refractivity (Wildman–Crippen MR) is 81.3 cm³/mol. The van der Waals surface area contributed by atoms with Gasteiger partial charge < -0.3 is 10.6 Å². The number of piperazine rings is 1. The molecule has 0 aliphatic carbocycles. The van der Waals surface area contributed by atoms with Crippen LogP contribution < -0.4 is 5.73 Å². The van der Waals surface area contributed by atoms with E-state index in [0.717, 1.165) is 13.0 Å². The topological polar surface area (TPSA) is 66.6 Å². The fourth-order valence-corrected chi connectivity index (χ4v) is 4.29. The molecule has 0 bridgehead atoms. The van der Waals surface area contributed by atoms with Crippen LogP contribution in [-0.2, 0) is 10.0 Å². The van der Waals surface area contributed by atoms with Gasteiger partial charge in [0.1, 0.15) is 4.90 Å². The third-order valence-electron chi connectivity index (χ3n) is 3.80. The molecule has 0 radical (unpaired) electrons. The number of halogens is 1. The molecule has 2 N–H and O–H groups in total. The maximum atomic E-state index is 12.7. The van der Waals surface area contributed by atoms with Gasteiger partial charge in [-0.2, -0.15) is 4.31 Å². The summed E-state index contributed by atoms with van der Waals surface area (Å²) in [5.74, 6) is 0. The fourth-order valence-electron chi connectivity index (χ4n) is 2.45. The Morgan fingerprint density at radius 3 is 2.75 bits per heavy atom. The predicted octanol–water partition coefficient (Wildman–Crippen LogP) is 1.64. The first kappa shape index (κ1) is 15.6. The van der Waals surface area contributed by atoms with Crippen molar-refractivity contribution in [2.75, 3.05) is 32.4 Å². The van der Waals surface area contributed by atoms with E-state index in [9.17, 15) is 8.42 Å². The number of likely N-dealkylation sites (N-methyl/N-ethyl adjacent to an activating group) is 1. The zero-order valence-electron chi connectivity index (χ0n) is 11.7. The summed E-state index contributed by atoms with van der Waals surface area (Å²) >= 11 is 5.89. The molecule has 1 unspecified atom stereocenters. The Kier molecular flexibility index (Phi) is 4.59. The lowest BCUT2D eigenvalue weighted by molar-refractivity contribution is 0.144. The third kappa shape index (κ3) is 2.93. The van der Waals surface area contributed by atoms with Crippen LogP contribution in [0.4, 0.5) is 5.69 Å². The summed E-state index contributed by atoms with van der Waals surface area (Å²) in [6, 6.07) is 4.78. The Morgan fingerprint density at radius 2 is 2.10 bits per heavy atom. The second-order valence-electron chi connectivity index (χ2n) is 5.09. The minimum atomic E-state index is -3.58. The van der Waals surface area contributed by atoms with E-state index in [4.69, 9.17) is 17.3 Å². The Bertz CT molecular complexity index is 591. The summed E-state index contributed by atoms with van der Waals surface area (Å²) in [6.07, 6.45) is 0.910. The molecule has 5 nitrogen and oxygen atoms in total. The number of nitrogens with zero attached hydrogens (tertiary/aromatic N) is 2. The van der Waals surface area contributed by atoms with Gasteiger partial charge in [-0.3, -0.25) is 0 Å². The zero-order chi connectivity index (χ0) is 14.9. The van der Waals surface area contributed by atoms with Crippen LogP contribution >= 0.6 is 11.6 Å². The molecule has 20 heavy (non-hydrogen) atoms. The minimum Gasteiger partial charge on any atom is -0.398 e. The standard InChI is InChI=1S/C13H20ClN3O2S/c1-3-11-9-17(7-6-16(11)2)20(18,19)13-8-10(14)4-5-12(13)15/h4-5,8,11H,3,6-7,9,15H2,1-2H3. The summed E-state index contributed by atoms with van der Waals surface area (Å²) in [7, 11) is -1.56. The molecule has 2 rings (SSSR count). The average Bonchev–Trinajstić information content (AvgIpc) is 2.41. The van der Waals surface area contributed by atoms with Gasteiger partial charge in [0.25, 0.3) is 0 Å². The van der Waals surface area contributed by atoms with E-state index < -0.39 is 10.0 Å². The molecule has 1 saturated heterocycles. The second-order valence-corrected chi connectivity index (χ2v) is 7.43. The second kappa shape index (κ2) is 5.89. The van der Waals surface area contributed by atoms with Crippen molar-refractivity contribution >= 4 is 27.3 Å².